The van der Waals surface area contributed by atoms with Gasteiger partial charge in [0.05, 0.1) is 6.61 Å². The Morgan fingerprint density at radius 3 is 2.08 bits per heavy atom. The Bertz CT molecular complexity index is 109. The molecule has 0 radical (unpaired) electrons. The molecule has 0 aromatic carbocycles. The summed E-state index contributed by atoms with van der Waals surface area (Å²) in [5.74, 6) is 4.74. The lowest BCUT2D eigenvalue weighted by atomic mass is 10.0. The molecule has 0 aliphatic rings. The highest BCUT2D eigenvalue weighted by molar-refractivity contribution is 4.78. The van der Waals surface area contributed by atoms with Gasteiger partial charge in [-0.3, -0.25) is 4.84 Å². The highest BCUT2D eigenvalue weighted by atomic mass is 16.6. The van der Waals surface area contributed by atoms with E-state index in [0.29, 0.717) is 0 Å². The van der Waals surface area contributed by atoms with Crippen molar-refractivity contribution in [2.75, 3.05) is 6.61 Å². The molecule has 6 nitrogen and oxygen atoms in total. The van der Waals surface area contributed by atoms with Crippen molar-refractivity contribution in [3.63, 3.8) is 0 Å². The Labute approximate surface area is 70.1 Å². The monoisotopic (exact) mass is 181 g/mol. The van der Waals surface area contributed by atoms with Crippen LogP contribution in [0.15, 0.2) is 0 Å². The van der Waals surface area contributed by atoms with Gasteiger partial charge in [-0.1, -0.05) is 0 Å². The third-order valence-electron chi connectivity index (χ3n) is 1.63. The molecule has 74 valence electrons. The van der Waals surface area contributed by atoms with Gasteiger partial charge in [-0.2, -0.15) is 0 Å². The average molecular weight is 181 g/mol. The first-order valence-corrected chi connectivity index (χ1v) is 3.55. The molecule has 6 heteroatoms. The molecular weight excluding hydrogens is 166 g/mol. The second-order valence-electron chi connectivity index (χ2n) is 2.57. The van der Waals surface area contributed by atoms with Crippen LogP contribution in [0, 0.1) is 0 Å². The topological polar surface area (TPSA) is 116 Å². The Morgan fingerprint density at radius 1 is 1.25 bits per heavy atom. The number of aliphatic hydroxyl groups is 4. The Kier molecular flexibility index (Phi) is 5.31. The predicted molar refractivity (Wildman–Crippen MR) is 39.8 cm³/mol. The summed E-state index contributed by atoms with van der Waals surface area (Å²) in [6.07, 6.45) is -4.98. The van der Waals surface area contributed by atoms with Crippen LogP contribution in [0.4, 0.5) is 0 Å². The Hall–Kier alpha value is -0.240. The molecule has 0 rings (SSSR count). The molecule has 12 heavy (non-hydrogen) atoms. The summed E-state index contributed by atoms with van der Waals surface area (Å²) >= 11 is 0. The first kappa shape index (κ1) is 11.8. The summed E-state index contributed by atoms with van der Waals surface area (Å²) in [4.78, 5) is 4.22. The quantitative estimate of drug-likeness (QED) is 0.296. The molecule has 0 unspecified atom stereocenters. The van der Waals surface area contributed by atoms with E-state index in [2.05, 4.69) is 4.84 Å². The van der Waals surface area contributed by atoms with Crippen molar-refractivity contribution in [2.45, 2.75) is 31.3 Å². The van der Waals surface area contributed by atoms with Crippen LogP contribution in [-0.2, 0) is 4.84 Å². The summed E-state index contributed by atoms with van der Waals surface area (Å²) in [5, 5.41) is 35.6. The smallest absolute Gasteiger partial charge is 0.111 e. The van der Waals surface area contributed by atoms with Gasteiger partial charge >= 0.3 is 0 Å². The molecule has 0 amide bonds. The van der Waals surface area contributed by atoms with Gasteiger partial charge in [0.1, 0.15) is 24.4 Å². The number of aliphatic hydroxyl groups excluding tert-OH is 4. The molecule has 0 heterocycles. The maximum atomic E-state index is 9.16. The van der Waals surface area contributed by atoms with Crippen molar-refractivity contribution >= 4 is 0 Å². The van der Waals surface area contributed by atoms with E-state index in [1.165, 1.54) is 6.92 Å². The van der Waals surface area contributed by atoms with Gasteiger partial charge in [0, 0.05) is 0 Å². The Morgan fingerprint density at radius 2 is 1.75 bits per heavy atom. The fourth-order valence-electron chi connectivity index (χ4n) is 0.694. The first-order chi connectivity index (χ1) is 5.54. The number of rotatable bonds is 5. The van der Waals surface area contributed by atoms with Crippen molar-refractivity contribution in [1.29, 1.82) is 0 Å². The lowest BCUT2D eigenvalue weighted by Crippen LogP contribution is -2.46. The van der Waals surface area contributed by atoms with Crippen LogP contribution in [-0.4, -0.2) is 51.4 Å². The summed E-state index contributed by atoms with van der Waals surface area (Å²) in [5.41, 5.74) is 0. The third-order valence-corrected chi connectivity index (χ3v) is 1.63. The van der Waals surface area contributed by atoms with E-state index >= 15 is 0 Å². The van der Waals surface area contributed by atoms with Gasteiger partial charge in [0.2, 0.25) is 0 Å². The maximum Gasteiger partial charge on any atom is 0.111 e. The van der Waals surface area contributed by atoms with Crippen molar-refractivity contribution in [3.8, 4) is 0 Å². The standard InChI is InChI=1S/C6H15NO5/c1-3(12-7)5(10)6(11)4(9)2-8/h3-6,8-11H,2,7H2,1H3/t3-,4-,5-,6-/m1/s1. The van der Waals surface area contributed by atoms with Crippen LogP contribution in [0.2, 0.25) is 0 Å². The summed E-state index contributed by atoms with van der Waals surface area (Å²) < 4.78 is 0. The zero-order valence-electron chi connectivity index (χ0n) is 6.79. The number of hydrogen-bond donors (Lipinski definition) is 5. The van der Waals surface area contributed by atoms with Gasteiger partial charge in [0.15, 0.2) is 0 Å². The minimum absolute atomic E-state index is 0.629. The van der Waals surface area contributed by atoms with Gasteiger partial charge in [-0.05, 0) is 6.92 Å². The zero-order valence-corrected chi connectivity index (χ0v) is 6.79. The van der Waals surface area contributed by atoms with Crippen molar-refractivity contribution < 1.29 is 25.3 Å². The second kappa shape index (κ2) is 5.41. The molecule has 6 N–H and O–H groups in total. The SMILES string of the molecule is C[C@@H](ON)[C@@H](O)[C@H](O)[C@H](O)CO. The van der Waals surface area contributed by atoms with Gasteiger partial charge < -0.3 is 20.4 Å². The summed E-state index contributed by atoms with van der Waals surface area (Å²) in [6, 6.07) is 0. The highest BCUT2D eigenvalue weighted by Gasteiger charge is 2.28. The number of hydrogen-bond acceptors (Lipinski definition) is 6. The average Bonchev–Trinajstić information content (AvgIpc) is 2.12. The fraction of sp³-hybridized carbons (Fsp3) is 1.00. The van der Waals surface area contributed by atoms with Crippen molar-refractivity contribution in [2.24, 2.45) is 5.90 Å². The van der Waals surface area contributed by atoms with Gasteiger partial charge in [0.25, 0.3) is 0 Å². The van der Waals surface area contributed by atoms with Crippen LogP contribution < -0.4 is 5.90 Å². The Balaban J connectivity index is 3.99. The lowest BCUT2D eigenvalue weighted by Gasteiger charge is -2.24. The first-order valence-electron chi connectivity index (χ1n) is 3.55. The molecule has 0 saturated carbocycles. The van der Waals surface area contributed by atoms with Gasteiger partial charge in [-0.15, -0.1) is 0 Å². The molecular formula is C6H15NO5. The fourth-order valence-corrected chi connectivity index (χ4v) is 0.694. The normalized spacial score (nSPS) is 21.5. The molecule has 0 aromatic rings. The molecule has 0 aliphatic carbocycles. The van der Waals surface area contributed by atoms with Crippen LogP contribution in [0.3, 0.4) is 0 Å². The highest BCUT2D eigenvalue weighted by Crippen LogP contribution is 2.05. The van der Waals surface area contributed by atoms with Crippen LogP contribution in [0.1, 0.15) is 6.92 Å². The van der Waals surface area contributed by atoms with E-state index in [-0.39, 0.29) is 0 Å². The second-order valence-corrected chi connectivity index (χ2v) is 2.57. The number of nitrogens with two attached hydrogens (primary N) is 1. The summed E-state index contributed by atoms with van der Waals surface area (Å²) in [7, 11) is 0. The van der Waals surface area contributed by atoms with E-state index in [4.69, 9.17) is 26.3 Å². The van der Waals surface area contributed by atoms with Crippen LogP contribution in [0.5, 0.6) is 0 Å². The van der Waals surface area contributed by atoms with E-state index < -0.39 is 31.0 Å². The maximum absolute atomic E-state index is 9.16. The molecule has 0 spiro atoms. The van der Waals surface area contributed by atoms with Crippen LogP contribution in [0.25, 0.3) is 0 Å². The van der Waals surface area contributed by atoms with Crippen LogP contribution >= 0.6 is 0 Å². The zero-order chi connectivity index (χ0) is 9.72. The van der Waals surface area contributed by atoms with E-state index in [1.807, 2.05) is 0 Å². The van der Waals surface area contributed by atoms with E-state index in [1.54, 1.807) is 0 Å². The third kappa shape index (κ3) is 3.02. The predicted octanol–water partition coefficient (Wildman–Crippen LogP) is -2.66. The molecule has 0 bridgehead atoms. The minimum atomic E-state index is -1.46. The minimum Gasteiger partial charge on any atom is -0.394 e. The van der Waals surface area contributed by atoms with Gasteiger partial charge in [-0.25, -0.2) is 5.90 Å². The van der Waals surface area contributed by atoms with Crippen molar-refractivity contribution in [3.05, 3.63) is 0 Å². The van der Waals surface area contributed by atoms with Crippen molar-refractivity contribution in [1.82, 2.24) is 0 Å². The lowest BCUT2D eigenvalue weighted by molar-refractivity contribution is -0.127. The molecule has 0 aromatic heterocycles. The largest absolute Gasteiger partial charge is 0.394 e. The molecule has 0 fully saturated rings. The summed E-state index contributed by atoms with van der Waals surface area (Å²) in [6.45, 7) is 0.799. The van der Waals surface area contributed by atoms with E-state index in [0.717, 1.165) is 0 Å². The molecule has 4 atom stereocenters. The van der Waals surface area contributed by atoms with E-state index in [9.17, 15) is 0 Å². The molecule has 0 aliphatic heterocycles. The molecule has 0 saturated heterocycles.